The van der Waals surface area contributed by atoms with E-state index in [0.717, 1.165) is 4.35 Å². The van der Waals surface area contributed by atoms with Crippen LogP contribution in [0.1, 0.15) is 43.1 Å². The van der Waals surface area contributed by atoms with Gasteiger partial charge in [0.2, 0.25) is 0 Å². The number of rotatable bonds is 7. The second kappa shape index (κ2) is 8.28. The molecule has 2 N–H and O–H groups in total. The molecule has 2 aromatic heterocycles. The number of carbonyl (C=O) groups is 1. The summed E-state index contributed by atoms with van der Waals surface area (Å²) in [7, 11) is 0. The molecule has 11 heteroatoms. The summed E-state index contributed by atoms with van der Waals surface area (Å²) < 4.78 is 43.1. The molecule has 2 heterocycles. The first-order chi connectivity index (χ1) is 13.4. The number of hydrogen-bond acceptors (Lipinski definition) is 4. The van der Waals surface area contributed by atoms with Gasteiger partial charge in [0.25, 0.3) is 0 Å². The predicted octanol–water partition coefficient (Wildman–Crippen LogP) is 1.13. The molecular weight excluding hydrogens is 472 g/mol. The molecule has 29 heavy (non-hydrogen) atoms. The summed E-state index contributed by atoms with van der Waals surface area (Å²) in [5.41, 5.74) is -1.31. The van der Waals surface area contributed by atoms with Gasteiger partial charge in [0.15, 0.2) is 0 Å². The van der Waals surface area contributed by atoms with Crippen molar-refractivity contribution in [3.63, 3.8) is 0 Å². The second-order valence-corrected chi connectivity index (χ2v) is 10.9. The molecule has 1 amide bonds. The number of aromatic nitrogens is 3. The summed E-state index contributed by atoms with van der Waals surface area (Å²) in [5.74, 6) is -3.15. The molecule has 0 radical (unpaired) electrons. The van der Waals surface area contributed by atoms with Crippen molar-refractivity contribution < 1.29 is 23.1 Å². The van der Waals surface area contributed by atoms with E-state index in [1.807, 2.05) is 0 Å². The van der Waals surface area contributed by atoms with Gasteiger partial charge in [-0.15, -0.1) is 0 Å². The molecule has 1 aliphatic rings. The van der Waals surface area contributed by atoms with E-state index in [1.165, 1.54) is 24.7 Å². The Labute approximate surface area is 177 Å². The number of aliphatic hydroxyl groups is 1. The molecule has 1 unspecified atom stereocenters. The van der Waals surface area contributed by atoms with Crippen LogP contribution in [0.15, 0.2) is 24.7 Å². The van der Waals surface area contributed by atoms with E-state index in [4.69, 9.17) is 11.6 Å². The van der Waals surface area contributed by atoms with Gasteiger partial charge in [0, 0.05) is 0 Å². The zero-order valence-corrected chi connectivity index (χ0v) is 18.6. The van der Waals surface area contributed by atoms with Crippen molar-refractivity contribution in [3.05, 3.63) is 35.4 Å². The number of carbonyl (C=O) groups excluding carboxylic acids is 1. The number of halogens is 4. The molecule has 6 nitrogen and oxygen atoms in total. The molecule has 0 aliphatic heterocycles. The van der Waals surface area contributed by atoms with E-state index in [9.17, 15) is 23.1 Å². The molecule has 1 saturated carbocycles. The standard InChI is InChI=1S/C18H21AsClF3N4O2/c1-17(2,29)14(21)8-25-16(28)12-7-24-15(20)3-13(12)19-10-6-26-27(9-10)11-4-18(22,23)5-11/h3,6-7,9,11,14,19,29H,4-5,8H2,1-2H3,(H,25,28)/t14-/m1/s1. The fraction of sp³-hybridized carbons (Fsp3) is 0.500. The number of nitrogens with zero attached hydrogens (tertiary/aromatic N) is 3. The van der Waals surface area contributed by atoms with Crippen LogP contribution in [0.2, 0.25) is 5.15 Å². The van der Waals surface area contributed by atoms with Gasteiger partial charge in [-0.1, -0.05) is 0 Å². The zero-order chi connectivity index (χ0) is 21.4. The van der Waals surface area contributed by atoms with Crippen LogP contribution in [0, 0.1) is 0 Å². The van der Waals surface area contributed by atoms with E-state index in [2.05, 4.69) is 15.4 Å². The van der Waals surface area contributed by atoms with Crippen LogP contribution in [-0.4, -0.2) is 65.8 Å². The van der Waals surface area contributed by atoms with Crippen molar-refractivity contribution in [2.24, 2.45) is 0 Å². The van der Waals surface area contributed by atoms with Gasteiger partial charge in [-0.25, -0.2) is 0 Å². The first-order valence-electron chi connectivity index (χ1n) is 8.94. The first-order valence-corrected chi connectivity index (χ1v) is 11.4. The summed E-state index contributed by atoms with van der Waals surface area (Å²) in [6.07, 6.45) is 2.57. The van der Waals surface area contributed by atoms with Crippen molar-refractivity contribution in [2.75, 3.05) is 6.54 Å². The summed E-state index contributed by atoms with van der Waals surface area (Å²) in [4.78, 5) is 16.4. The third-order valence-electron chi connectivity index (χ3n) is 4.65. The Morgan fingerprint density at radius 1 is 1.48 bits per heavy atom. The van der Waals surface area contributed by atoms with Gasteiger partial charge in [0.05, 0.1) is 0 Å². The molecule has 0 aromatic carbocycles. The molecule has 0 saturated heterocycles. The Morgan fingerprint density at radius 2 is 2.17 bits per heavy atom. The number of alkyl halides is 3. The van der Waals surface area contributed by atoms with Crippen molar-refractivity contribution in [2.45, 2.75) is 50.4 Å². The van der Waals surface area contributed by atoms with Gasteiger partial charge in [-0.05, 0) is 0 Å². The number of hydrogen-bond donors (Lipinski definition) is 2. The van der Waals surface area contributed by atoms with Crippen LogP contribution < -0.4 is 14.0 Å². The normalized spacial score (nSPS) is 18.0. The van der Waals surface area contributed by atoms with Gasteiger partial charge >= 0.3 is 177 Å². The first kappa shape index (κ1) is 22.1. The average molecular weight is 493 g/mol. The SMILES string of the molecule is CC(C)(O)[C@H](F)CNC(=O)c1cnc(Cl)cc1[AsH]c1cnn(C2CC(F)(F)C2)c1. The van der Waals surface area contributed by atoms with Crippen LogP contribution in [0.3, 0.4) is 0 Å². The molecular formula is C18H21AsClF3N4O2. The third kappa shape index (κ3) is 5.52. The third-order valence-corrected chi connectivity index (χ3v) is 7.43. The van der Waals surface area contributed by atoms with E-state index >= 15 is 0 Å². The van der Waals surface area contributed by atoms with E-state index in [0.29, 0.717) is 4.35 Å². The zero-order valence-electron chi connectivity index (χ0n) is 15.8. The van der Waals surface area contributed by atoms with Gasteiger partial charge in [-0.3, -0.25) is 0 Å². The van der Waals surface area contributed by atoms with Crippen LogP contribution in [0.5, 0.6) is 0 Å². The van der Waals surface area contributed by atoms with Gasteiger partial charge in [-0.2, -0.15) is 0 Å². The number of nitrogens with one attached hydrogen (secondary N) is 1. The summed E-state index contributed by atoms with van der Waals surface area (Å²) in [6, 6.07) is 1.26. The Bertz CT molecular complexity index is 895. The Balaban J connectivity index is 1.71. The van der Waals surface area contributed by atoms with Gasteiger partial charge < -0.3 is 0 Å². The topological polar surface area (TPSA) is 80.0 Å². The second-order valence-electron chi connectivity index (χ2n) is 7.64. The monoisotopic (exact) mass is 492 g/mol. The molecule has 2 aromatic rings. The minimum absolute atomic E-state index is 0.214. The van der Waals surface area contributed by atoms with Crippen LogP contribution in [-0.2, 0) is 0 Å². The summed E-state index contributed by atoms with van der Waals surface area (Å²) in [6.45, 7) is 2.29. The summed E-state index contributed by atoms with van der Waals surface area (Å²) in [5, 5.41) is 16.5. The Kier molecular flexibility index (Phi) is 6.32. The minimum atomic E-state index is -2.63. The van der Waals surface area contributed by atoms with Crippen LogP contribution in [0.25, 0.3) is 0 Å². The van der Waals surface area contributed by atoms with Crippen molar-refractivity contribution in [1.29, 1.82) is 0 Å². The summed E-state index contributed by atoms with van der Waals surface area (Å²) >= 11 is 4.91. The van der Waals surface area contributed by atoms with Crippen molar-refractivity contribution in [1.82, 2.24) is 20.1 Å². The quantitative estimate of drug-likeness (QED) is 0.449. The van der Waals surface area contributed by atoms with Crippen molar-refractivity contribution in [3.8, 4) is 0 Å². The van der Waals surface area contributed by atoms with Gasteiger partial charge in [0.1, 0.15) is 0 Å². The fourth-order valence-electron chi connectivity index (χ4n) is 2.82. The molecule has 0 bridgehead atoms. The fourth-order valence-corrected chi connectivity index (χ4v) is 5.58. The van der Waals surface area contributed by atoms with Crippen LogP contribution in [0.4, 0.5) is 13.2 Å². The molecule has 3 rings (SSSR count). The van der Waals surface area contributed by atoms with Crippen molar-refractivity contribution >= 4 is 42.0 Å². The maximum atomic E-state index is 13.9. The Morgan fingerprint density at radius 3 is 2.79 bits per heavy atom. The number of amides is 1. The van der Waals surface area contributed by atoms with Crippen LogP contribution >= 0.6 is 11.6 Å². The molecule has 0 spiro atoms. The molecule has 2 atom stereocenters. The van der Waals surface area contributed by atoms with E-state index in [1.54, 1.807) is 18.5 Å². The number of pyridine rings is 1. The molecule has 1 aliphatic carbocycles. The maximum absolute atomic E-state index is 13.9. The van der Waals surface area contributed by atoms with E-state index < -0.39 is 39.4 Å². The van der Waals surface area contributed by atoms with E-state index in [-0.39, 0.29) is 36.1 Å². The molecule has 1 fully saturated rings. The molecule has 158 valence electrons. The predicted molar refractivity (Wildman–Crippen MR) is 105 cm³/mol. The Hall–Kier alpha value is -1.57. The average Bonchev–Trinajstić information content (AvgIpc) is 3.04.